The van der Waals surface area contributed by atoms with Crippen LogP contribution in [-0.2, 0) is 4.79 Å². The van der Waals surface area contributed by atoms with Crippen molar-refractivity contribution in [1.82, 2.24) is 0 Å². The molecule has 0 heterocycles. The zero-order valence-electron chi connectivity index (χ0n) is 13.1. The maximum atomic E-state index is 11.1. The Balaban J connectivity index is 2.91. The van der Waals surface area contributed by atoms with E-state index < -0.39 is 11.9 Å². The third-order valence-corrected chi connectivity index (χ3v) is 4.07. The largest absolute Gasteiger partial charge is 0.497 e. The molecule has 1 aromatic carbocycles. The van der Waals surface area contributed by atoms with E-state index in [4.69, 9.17) is 20.3 Å². The average molecular weight is 295 g/mol. The van der Waals surface area contributed by atoms with Crippen molar-refractivity contribution >= 4 is 5.97 Å². The summed E-state index contributed by atoms with van der Waals surface area (Å²) in [5, 5.41) is 9.12. The quantitative estimate of drug-likeness (QED) is 0.770. The number of carboxylic acid groups (broad SMARTS) is 1. The Bertz CT molecular complexity index is 475. The van der Waals surface area contributed by atoms with E-state index in [1.54, 1.807) is 14.2 Å². The standard InChI is InChI=1S/C16H25NO4/c1-10(7-12(9-17)16(18)19)11(2)14-6-5-13(20-3)8-15(14)21-4/h5-6,8,10-12H,7,9,17H2,1-4H3,(H,18,19). The average Bonchev–Trinajstić information content (AvgIpc) is 2.50. The molecule has 0 radical (unpaired) electrons. The van der Waals surface area contributed by atoms with Gasteiger partial charge in [-0.3, -0.25) is 4.79 Å². The first-order valence-electron chi connectivity index (χ1n) is 7.09. The van der Waals surface area contributed by atoms with E-state index in [1.165, 1.54) is 0 Å². The Labute approximate surface area is 126 Å². The summed E-state index contributed by atoms with van der Waals surface area (Å²) in [5.41, 5.74) is 6.58. The minimum atomic E-state index is -0.835. The van der Waals surface area contributed by atoms with Crippen molar-refractivity contribution < 1.29 is 19.4 Å². The summed E-state index contributed by atoms with van der Waals surface area (Å²) in [6, 6.07) is 5.70. The summed E-state index contributed by atoms with van der Waals surface area (Å²) in [6.07, 6.45) is 0.544. The Kier molecular flexibility index (Phi) is 6.49. The molecule has 5 heteroatoms. The number of methoxy groups -OCH3 is 2. The van der Waals surface area contributed by atoms with Crippen LogP contribution in [0.1, 0.15) is 31.7 Å². The highest BCUT2D eigenvalue weighted by Gasteiger charge is 2.24. The molecule has 0 aliphatic carbocycles. The molecule has 0 bridgehead atoms. The molecule has 1 aromatic rings. The molecule has 118 valence electrons. The third-order valence-electron chi connectivity index (χ3n) is 4.07. The van der Waals surface area contributed by atoms with Gasteiger partial charge < -0.3 is 20.3 Å². The van der Waals surface area contributed by atoms with Gasteiger partial charge in [-0.2, -0.15) is 0 Å². The second kappa shape index (κ2) is 7.88. The number of nitrogens with two attached hydrogens (primary N) is 1. The highest BCUT2D eigenvalue weighted by Crippen LogP contribution is 2.36. The molecule has 3 atom stereocenters. The number of aliphatic carboxylic acids is 1. The molecule has 3 N–H and O–H groups in total. The van der Waals surface area contributed by atoms with Crippen LogP contribution in [0.2, 0.25) is 0 Å². The van der Waals surface area contributed by atoms with Crippen molar-refractivity contribution in [1.29, 1.82) is 0 Å². The second-order valence-corrected chi connectivity index (χ2v) is 5.38. The normalized spacial score (nSPS) is 15.1. The molecule has 5 nitrogen and oxygen atoms in total. The zero-order valence-corrected chi connectivity index (χ0v) is 13.1. The molecule has 0 spiro atoms. The molecule has 0 saturated carbocycles. The summed E-state index contributed by atoms with van der Waals surface area (Å²) in [5.74, 6) is 0.496. The highest BCUT2D eigenvalue weighted by atomic mass is 16.5. The lowest BCUT2D eigenvalue weighted by molar-refractivity contribution is -0.142. The Morgan fingerprint density at radius 2 is 1.95 bits per heavy atom. The number of ether oxygens (including phenoxy) is 2. The molecular formula is C16H25NO4. The van der Waals surface area contributed by atoms with Gasteiger partial charge in [-0.1, -0.05) is 19.9 Å². The minimum absolute atomic E-state index is 0.159. The van der Waals surface area contributed by atoms with Crippen LogP contribution in [0.15, 0.2) is 18.2 Å². The molecule has 0 saturated heterocycles. The van der Waals surface area contributed by atoms with Gasteiger partial charge in [0.15, 0.2) is 0 Å². The molecule has 0 fully saturated rings. The van der Waals surface area contributed by atoms with Gasteiger partial charge in [-0.25, -0.2) is 0 Å². The molecule has 0 aliphatic heterocycles. The maximum absolute atomic E-state index is 11.1. The molecule has 0 aromatic heterocycles. The molecule has 1 rings (SSSR count). The first-order valence-corrected chi connectivity index (χ1v) is 7.09. The molecular weight excluding hydrogens is 270 g/mol. The van der Waals surface area contributed by atoms with Crippen LogP contribution in [0.4, 0.5) is 0 Å². The van der Waals surface area contributed by atoms with E-state index in [0.717, 1.165) is 17.1 Å². The smallest absolute Gasteiger partial charge is 0.307 e. The van der Waals surface area contributed by atoms with E-state index in [2.05, 4.69) is 6.92 Å². The second-order valence-electron chi connectivity index (χ2n) is 5.38. The third kappa shape index (κ3) is 4.36. The monoisotopic (exact) mass is 295 g/mol. The van der Waals surface area contributed by atoms with E-state index >= 15 is 0 Å². The van der Waals surface area contributed by atoms with Gasteiger partial charge in [-0.05, 0) is 29.9 Å². The molecule has 3 unspecified atom stereocenters. The van der Waals surface area contributed by atoms with Crippen molar-refractivity contribution in [2.45, 2.75) is 26.2 Å². The number of carboxylic acids is 1. The van der Waals surface area contributed by atoms with Gasteiger partial charge >= 0.3 is 5.97 Å². The van der Waals surface area contributed by atoms with Gasteiger partial charge in [0.2, 0.25) is 0 Å². The zero-order chi connectivity index (χ0) is 16.0. The predicted molar refractivity (Wildman–Crippen MR) is 81.9 cm³/mol. The van der Waals surface area contributed by atoms with Crippen molar-refractivity contribution in [3.63, 3.8) is 0 Å². The fourth-order valence-electron chi connectivity index (χ4n) is 2.45. The van der Waals surface area contributed by atoms with Gasteiger partial charge in [0.05, 0.1) is 20.1 Å². The first kappa shape index (κ1) is 17.3. The summed E-state index contributed by atoms with van der Waals surface area (Å²) in [4.78, 5) is 11.1. The summed E-state index contributed by atoms with van der Waals surface area (Å²) in [7, 11) is 3.23. The Hall–Kier alpha value is -1.75. The van der Waals surface area contributed by atoms with Gasteiger partial charge in [0.1, 0.15) is 11.5 Å². The van der Waals surface area contributed by atoms with Crippen LogP contribution >= 0.6 is 0 Å². The lowest BCUT2D eigenvalue weighted by Gasteiger charge is -2.24. The van der Waals surface area contributed by atoms with Crippen molar-refractivity contribution in [2.75, 3.05) is 20.8 Å². The topological polar surface area (TPSA) is 81.8 Å². The van der Waals surface area contributed by atoms with E-state index in [1.807, 2.05) is 25.1 Å². The van der Waals surface area contributed by atoms with E-state index in [9.17, 15) is 4.79 Å². The highest BCUT2D eigenvalue weighted by molar-refractivity contribution is 5.70. The fraction of sp³-hybridized carbons (Fsp3) is 0.562. The van der Waals surface area contributed by atoms with Gasteiger partial charge in [0, 0.05) is 12.6 Å². The van der Waals surface area contributed by atoms with Crippen molar-refractivity contribution in [3.8, 4) is 11.5 Å². The van der Waals surface area contributed by atoms with E-state index in [-0.39, 0.29) is 18.4 Å². The van der Waals surface area contributed by atoms with Gasteiger partial charge in [0.25, 0.3) is 0 Å². The van der Waals surface area contributed by atoms with E-state index in [0.29, 0.717) is 6.42 Å². The maximum Gasteiger partial charge on any atom is 0.307 e. The van der Waals surface area contributed by atoms with Crippen LogP contribution in [0.3, 0.4) is 0 Å². The van der Waals surface area contributed by atoms with Crippen LogP contribution < -0.4 is 15.2 Å². The van der Waals surface area contributed by atoms with Crippen molar-refractivity contribution in [2.24, 2.45) is 17.6 Å². The van der Waals surface area contributed by atoms with Gasteiger partial charge in [-0.15, -0.1) is 0 Å². The van der Waals surface area contributed by atoms with Crippen molar-refractivity contribution in [3.05, 3.63) is 23.8 Å². The molecule has 0 aliphatic rings. The molecule has 0 amide bonds. The first-order chi connectivity index (χ1) is 9.94. The number of carbonyl (C=O) groups is 1. The number of benzene rings is 1. The lowest BCUT2D eigenvalue weighted by atomic mass is 9.82. The number of rotatable bonds is 8. The minimum Gasteiger partial charge on any atom is -0.497 e. The van der Waals surface area contributed by atoms with Crippen LogP contribution in [0.25, 0.3) is 0 Å². The molecule has 21 heavy (non-hydrogen) atoms. The SMILES string of the molecule is COc1ccc(C(C)C(C)CC(CN)C(=O)O)c(OC)c1. The predicted octanol–water partition coefficient (Wildman–Crippen LogP) is 2.49. The summed E-state index contributed by atoms with van der Waals surface area (Å²) < 4.78 is 10.6. The Morgan fingerprint density at radius 1 is 1.29 bits per heavy atom. The number of hydrogen-bond donors (Lipinski definition) is 2. The van der Waals surface area contributed by atoms with Crippen LogP contribution in [-0.4, -0.2) is 31.8 Å². The lowest BCUT2D eigenvalue weighted by Crippen LogP contribution is -2.26. The van der Waals surface area contributed by atoms with Crippen LogP contribution in [0, 0.1) is 11.8 Å². The summed E-state index contributed by atoms with van der Waals surface area (Å²) in [6.45, 7) is 4.27. The summed E-state index contributed by atoms with van der Waals surface area (Å²) >= 11 is 0. The Morgan fingerprint density at radius 3 is 2.43 bits per heavy atom. The fourth-order valence-corrected chi connectivity index (χ4v) is 2.45. The number of hydrogen-bond acceptors (Lipinski definition) is 4. The van der Waals surface area contributed by atoms with Crippen LogP contribution in [0.5, 0.6) is 11.5 Å².